The second-order valence-electron chi connectivity index (χ2n) is 7.82. The SMILES string of the molecule is CCCC(C)Oc1ccc2c(c1)C[C@@H](C)C(CN1CC(F)(C(=O)O)C1)=C2. The zero-order valence-electron chi connectivity index (χ0n) is 15.8. The van der Waals surface area contributed by atoms with Gasteiger partial charge in [0.1, 0.15) is 5.75 Å². The van der Waals surface area contributed by atoms with E-state index in [1.54, 1.807) is 0 Å². The maximum Gasteiger partial charge on any atom is 0.344 e. The van der Waals surface area contributed by atoms with E-state index >= 15 is 0 Å². The number of likely N-dealkylation sites (tertiary alicyclic amines) is 1. The van der Waals surface area contributed by atoms with Crippen LogP contribution in [0.25, 0.3) is 6.08 Å². The van der Waals surface area contributed by atoms with Crippen LogP contribution >= 0.6 is 0 Å². The van der Waals surface area contributed by atoms with Crippen LogP contribution in [0.1, 0.15) is 44.7 Å². The highest BCUT2D eigenvalue weighted by Crippen LogP contribution is 2.34. The summed E-state index contributed by atoms with van der Waals surface area (Å²) >= 11 is 0. The van der Waals surface area contributed by atoms with Gasteiger partial charge in [0, 0.05) is 19.6 Å². The van der Waals surface area contributed by atoms with Crippen molar-refractivity contribution in [2.24, 2.45) is 5.92 Å². The van der Waals surface area contributed by atoms with Crippen molar-refractivity contribution < 1.29 is 19.0 Å². The molecule has 1 aliphatic carbocycles. The molecule has 0 amide bonds. The third kappa shape index (κ3) is 3.93. The molecule has 0 bridgehead atoms. The normalized spacial score (nSPS) is 22.8. The number of ether oxygens (including phenoxy) is 1. The minimum atomic E-state index is -2.07. The first-order valence-corrected chi connectivity index (χ1v) is 9.45. The van der Waals surface area contributed by atoms with Crippen LogP contribution in [0.5, 0.6) is 5.75 Å². The number of rotatable bonds is 7. The van der Waals surface area contributed by atoms with Crippen molar-refractivity contribution in [1.82, 2.24) is 4.90 Å². The van der Waals surface area contributed by atoms with Gasteiger partial charge < -0.3 is 9.84 Å². The van der Waals surface area contributed by atoms with Crippen LogP contribution in [0.15, 0.2) is 23.8 Å². The first-order valence-electron chi connectivity index (χ1n) is 9.45. The minimum Gasteiger partial charge on any atom is -0.491 e. The summed E-state index contributed by atoms with van der Waals surface area (Å²) in [5, 5.41) is 8.89. The van der Waals surface area contributed by atoms with E-state index in [0.717, 1.165) is 25.0 Å². The van der Waals surface area contributed by atoms with Crippen molar-refractivity contribution in [2.75, 3.05) is 19.6 Å². The van der Waals surface area contributed by atoms with Gasteiger partial charge >= 0.3 is 5.97 Å². The Bertz CT molecular complexity index is 709. The molecule has 1 fully saturated rings. The summed E-state index contributed by atoms with van der Waals surface area (Å²) in [5.41, 5.74) is 1.62. The standard InChI is InChI=1S/C21H28FNO3/c1-4-5-15(3)26-19-7-6-16-9-18(14(2)8-17(16)10-19)11-23-12-21(22,13-23)20(24)25/h6-7,9-10,14-15H,4-5,8,11-13H2,1-3H3,(H,24,25)/t14-,15?/m1/s1. The zero-order valence-corrected chi connectivity index (χ0v) is 15.8. The number of carboxylic acids is 1. The quantitative estimate of drug-likeness (QED) is 0.799. The first kappa shape index (κ1) is 18.9. The molecule has 0 aromatic heterocycles. The largest absolute Gasteiger partial charge is 0.491 e. The average molecular weight is 361 g/mol. The Hall–Kier alpha value is -1.88. The van der Waals surface area contributed by atoms with Gasteiger partial charge in [0.25, 0.3) is 0 Å². The number of carbonyl (C=O) groups is 1. The number of hydrogen-bond acceptors (Lipinski definition) is 3. The van der Waals surface area contributed by atoms with Crippen molar-refractivity contribution in [3.05, 3.63) is 34.9 Å². The molecule has 2 atom stereocenters. The van der Waals surface area contributed by atoms with Gasteiger partial charge in [-0.3, -0.25) is 4.90 Å². The summed E-state index contributed by atoms with van der Waals surface area (Å²) in [7, 11) is 0. The topological polar surface area (TPSA) is 49.8 Å². The van der Waals surface area contributed by atoms with Crippen LogP contribution in [0.4, 0.5) is 4.39 Å². The van der Waals surface area contributed by atoms with Crippen LogP contribution < -0.4 is 4.74 Å². The predicted molar refractivity (Wildman–Crippen MR) is 100 cm³/mol. The molecule has 1 aliphatic heterocycles. The lowest BCUT2D eigenvalue weighted by atomic mass is 9.83. The number of nitrogens with zero attached hydrogens (tertiary/aromatic N) is 1. The number of carboxylic acid groups (broad SMARTS) is 1. The average Bonchev–Trinajstić information content (AvgIpc) is 2.54. The van der Waals surface area contributed by atoms with Gasteiger partial charge in [-0.15, -0.1) is 0 Å². The Labute approximate surface area is 154 Å². The second kappa shape index (κ2) is 7.39. The Balaban J connectivity index is 1.66. The monoisotopic (exact) mass is 361 g/mol. The van der Waals surface area contributed by atoms with Crippen molar-refractivity contribution in [1.29, 1.82) is 0 Å². The Kier molecular flexibility index (Phi) is 5.37. The molecule has 1 aromatic rings. The highest BCUT2D eigenvalue weighted by molar-refractivity contribution is 5.79. The second-order valence-corrected chi connectivity index (χ2v) is 7.82. The lowest BCUT2D eigenvalue weighted by Crippen LogP contribution is -2.63. The summed E-state index contributed by atoms with van der Waals surface area (Å²) in [5.74, 6) is -0.0833. The molecule has 1 saturated heterocycles. The van der Waals surface area contributed by atoms with Gasteiger partial charge in [-0.25, -0.2) is 9.18 Å². The maximum absolute atomic E-state index is 13.9. The maximum atomic E-state index is 13.9. The summed E-state index contributed by atoms with van der Waals surface area (Å²) < 4.78 is 19.9. The smallest absolute Gasteiger partial charge is 0.344 e. The lowest BCUT2D eigenvalue weighted by Gasteiger charge is -2.42. The molecule has 4 nitrogen and oxygen atoms in total. The number of benzene rings is 1. The van der Waals surface area contributed by atoms with Crippen molar-refractivity contribution in [3.8, 4) is 5.75 Å². The van der Waals surface area contributed by atoms with Gasteiger partial charge in [0.05, 0.1) is 6.10 Å². The van der Waals surface area contributed by atoms with Crippen LogP contribution in [-0.4, -0.2) is 47.4 Å². The molecular weight excluding hydrogens is 333 g/mol. The molecule has 142 valence electrons. The van der Waals surface area contributed by atoms with Gasteiger partial charge in [0.15, 0.2) is 0 Å². The third-order valence-corrected chi connectivity index (χ3v) is 5.38. The number of aliphatic carboxylic acids is 1. The molecular formula is C21H28FNO3. The van der Waals surface area contributed by atoms with Crippen LogP contribution in [0, 0.1) is 5.92 Å². The highest BCUT2D eigenvalue weighted by atomic mass is 19.1. The number of fused-ring (bicyclic) bond motifs is 1. The van der Waals surface area contributed by atoms with E-state index in [0.29, 0.717) is 12.5 Å². The van der Waals surface area contributed by atoms with E-state index in [-0.39, 0.29) is 19.2 Å². The van der Waals surface area contributed by atoms with Gasteiger partial charge in [-0.2, -0.15) is 0 Å². The Morgan fingerprint density at radius 3 is 2.85 bits per heavy atom. The fraction of sp³-hybridized carbons (Fsp3) is 0.571. The van der Waals surface area contributed by atoms with Crippen LogP contribution in [0.3, 0.4) is 0 Å². The molecule has 1 aromatic carbocycles. The zero-order chi connectivity index (χ0) is 18.9. The molecule has 0 spiro atoms. The Morgan fingerprint density at radius 1 is 1.46 bits per heavy atom. The Morgan fingerprint density at radius 2 is 2.19 bits per heavy atom. The van der Waals surface area contributed by atoms with E-state index < -0.39 is 11.6 Å². The summed E-state index contributed by atoms with van der Waals surface area (Å²) in [6.45, 7) is 7.00. The van der Waals surface area contributed by atoms with Crippen molar-refractivity contribution in [3.63, 3.8) is 0 Å². The summed E-state index contributed by atoms with van der Waals surface area (Å²) in [6.07, 6.45) is 5.45. The first-order chi connectivity index (χ1) is 12.3. The molecule has 0 saturated carbocycles. The third-order valence-electron chi connectivity index (χ3n) is 5.38. The summed E-state index contributed by atoms with van der Waals surface area (Å²) in [4.78, 5) is 12.8. The molecule has 0 radical (unpaired) electrons. The summed E-state index contributed by atoms with van der Waals surface area (Å²) in [6, 6.07) is 6.23. The number of alkyl halides is 1. The molecule has 5 heteroatoms. The van der Waals surface area contributed by atoms with E-state index in [4.69, 9.17) is 9.84 Å². The lowest BCUT2D eigenvalue weighted by molar-refractivity contribution is -0.163. The molecule has 1 N–H and O–H groups in total. The van der Waals surface area contributed by atoms with Gasteiger partial charge in [0.2, 0.25) is 5.67 Å². The van der Waals surface area contributed by atoms with E-state index in [2.05, 4.69) is 39.0 Å². The fourth-order valence-corrected chi connectivity index (χ4v) is 3.84. The molecule has 2 aliphatic rings. The van der Waals surface area contributed by atoms with Crippen LogP contribution in [-0.2, 0) is 11.2 Å². The minimum absolute atomic E-state index is 0.0264. The highest BCUT2D eigenvalue weighted by Gasteiger charge is 2.50. The molecule has 1 heterocycles. The van der Waals surface area contributed by atoms with Gasteiger partial charge in [-0.1, -0.05) is 38.0 Å². The van der Waals surface area contributed by atoms with Crippen LogP contribution in [0.2, 0.25) is 0 Å². The molecule has 1 unspecified atom stereocenters. The van der Waals surface area contributed by atoms with E-state index in [1.807, 2.05) is 11.0 Å². The molecule has 3 rings (SSSR count). The van der Waals surface area contributed by atoms with Crippen molar-refractivity contribution >= 4 is 12.0 Å². The van der Waals surface area contributed by atoms with Crippen molar-refractivity contribution in [2.45, 2.75) is 51.8 Å². The van der Waals surface area contributed by atoms with Gasteiger partial charge in [-0.05, 0) is 48.9 Å². The van der Waals surface area contributed by atoms with E-state index in [9.17, 15) is 9.18 Å². The predicted octanol–water partition coefficient (Wildman–Crippen LogP) is 3.94. The number of halogens is 1. The fourth-order valence-electron chi connectivity index (χ4n) is 3.84. The van der Waals surface area contributed by atoms with E-state index in [1.165, 1.54) is 16.7 Å². The molecule has 26 heavy (non-hydrogen) atoms. The number of hydrogen-bond donors (Lipinski definition) is 1.